The molecular weight excluding hydrogens is 272 g/mol. The summed E-state index contributed by atoms with van der Waals surface area (Å²) in [6, 6.07) is 8.60. The lowest BCUT2D eigenvalue weighted by Crippen LogP contribution is -1.86. The lowest BCUT2D eigenvalue weighted by atomic mass is 10.1. The molecule has 2 aromatic rings. The van der Waals surface area contributed by atoms with Crippen LogP contribution < -0.4 is 0 Å². The van der Waals surface area contributed by atoms with Gasteiger partial charge in [0.25, 0.3) is 0 Å². The Balaban J connectivity index is 2.04. The van der Waals surface area contributed by atoms with Crippen molar-refractivity contribution < 1.29 is 0 Å². The highest BCUT2D eigenvalue weighted by Crippen LogP contribution is 2.45. The SMILES string of the molecule is C1=C(c2cccs2)C(c2cccs2)=CSS1. The van der Waals surface area contributed by atoms with Crippen LogP contribution in [0.3, 0.4) is 0 Å². The van der Waals surface area contributed by atoms with E-state index in [1.165, 1.54) is 20.9 Å². The summed E-state index contributed by atoms with van der Waals surface area (Å²) in [5.41, 5.74) is 2.72. The van der Waals surface area contributed by atoms with Crippen molar-refractivity contribution in [3.8, 4) is 0 Å². The summed E-state index contributed by atoms with van der Waals surface area (Å²) in [7, 11) is 3.58. The topological polar surface area (TPSA) is 0 Å². The van der Waals surface area contributed by atoms with E-state index in [4.69, 9.17) is 0 Å². The minimum atomic E-state index is 1.35. The van der Waals surface area contributed by atoms with Crippen LogP contribution in [0.4, 0.5) is 0 Å². The lowest BCUT2D eigenvalue weighted by molar-refractivity contribution is 1.83. The second-order valence-corrected chi connectivity index (χ2v) is 7.12. The van der Waals surface area contributed by atoms with Gasteiger partial charge in [-0.1, -0.05) is 33.7 Å². The molecule has 0 atom stereocenters. The first-order valence-electron chi connectivity index (χ1n) is 4.76. The Morgan fingerprint density at radius 2 is 1.19 bits per heavy atom. The summed E-state index contributed by atoms with van der Waals surface area (Å²) in [6.07, 6.45) is 0. The maximum atomic E-state index is 2.26. The molecule has 2 aromatic heterocycles. The smallest absolute Gasteiger partial charge is 0.0354 e. The van der Waals surface area contributed by atoms with Crippen molar-refractivity contribution in [1.29, 1.82) is 0 Å². The third-order valence-electron chi connectivity index (χ3n) is 2.25. The predicted octanol–water partition coefficient (Wildman–Crippen LogP) is 5.59. The van der Waals surface area contributed by atoms with Crippen molar-refractivity contribution in [3.05, 3.63) is 55.6 Å². The standard InChI is InChI=1S/C12H8S4/c1-3-11(13-5-1)9-7-15-16-8-10(9)12-4-2-6-14-12/h1-8H. The van der Waals surface area contributed by atoms with E-state index in [2.05, 4.69) is 45.8 Å². The zero-order chi connectivity index (χ0) is 10.8. The summed E-state index contributed by atoms with van der Waals surface area (Å²) < 4.78 is 0. The van der Waals surface area contributed by atoms with E-state index in [9.17, 15) is 0 Å². The second kappa shape index (κ2) is 4.84. The molecule has 0 saturated heterocycles. The van der Waals surface area contributed by atoms with Gasteiger partial charge >= 0.3 is 0 Å². The Bertz CT molecular complexity index is 467. The normalized spacial score (nSPS) is 15.8. The van der Waals surface area contributed by atoms with Crippen molar-refractivity contribution in [3.63, 3.8) is 0 Å². The van der Waals surface area contributed by atoms with Crippen LogP contribution >= 0.6 is 44.3 Å². The number of rotatable bonds is 2. The minimum absolute atomic E-state index is 1.35. The van der Waals surface area contributed by atoms with Crippen LogP contribution in [0.2, 0.25) is 0 Å². The van der Waals surface area contributed by atoms with Crippen LogP contribution in [0.15, 0.2) is 45.8 Å². The van der Waals surface area contributed by atoms with Crippen LogP contribution in [-0.2, 0) is 0 Å². The predicted molar refractivity (Wildman–Crippen MR) is 79.8 cm³/mol. The molecule has 3 heterocycles. The third-order valence-corrected chi connectivity index (χ3v) is 5.74. The van der Waals surface area contributed by atoms with Gasteiger partial charge in [0.2, 0.25) is 0 Å². The maximum absolute atomic E-state index is 2.26. The molecule has 0 amide bonds. The zero-order valence-corrected chi connectivity index (χ0v) is 11.5. The fourth-order valence-electron chi connectivity index (χ4n) is 1.52. The number of hydrogen-bond donors (Lipinski definition) is 0. The monoisotopic (exact) mass is 280 g/mol. The second-order valence-electron chi connectivity index (χ2n) is 3.21. The van der Waals surface area contributed by atoms with E-state index in [0.717, 1.165) is 0 Å². The van der Waals surface area contributed by atoms with E-state index in [1.807, 2.05) is 0 Å². The Labute approximate surface area is 110 Å². The lowest BCUT2D eigenvalue weighted by Gasteiger charge is -2.12. The first-order valence-corrected chi connectivity index (χ1v) is 8.79. The molecule has 0 spiro atoms. The quantitative estimate of drug-likeness (QED) is 0.658. The third kappa shape index (κ3) is 2.02. The van der Waals surface area contributed by atoms with E-state index in [0.29, 0.717) is 0 Å². The molecule has 4 heteroatoms. The molecule has 0 aromatic carbocycles. The number of hydrogen-bond acceptors (Lipinski definition) is 4. The molecule has 0 bridgehead atoms. The fraction of sp³-hybridized carbons (Fsp3) is 0. The number of thiophene rings is 2. The summed E-state index contributed by atoms with van der Waals surface area (Å²) in [6.45, 7) is 0. The van der Waals surface area contributed by atoms with Gasteiger partial charge in [-0.25, -0.2) is 0 Å². The Morgan fingerprint density at radius 1 is 0.688 bits per heavy atom. The molecule has 16 heavy (non-hydrogen) atoms. The van der Waals surface area contributed by atoms with Crippen LogP contribution in [0.5, 0.6) is 0 Å². The first-order chi connectivity index (χ1) is 7.95. The van der Waals surface area contributed by atoms with Gasteiger partial charge in [0, 0.05) is 20.9 Å². The van der Waals surface area contributed by atoms with Crippen molar-refractivity contribution >= 4 is 55.4 Å². The summed E-state index contributed by atoms with van der Waals surface area (Å²) in [5, 5.41) is 8.78. The van der Waals surface area contributed by atoms with Crippen molar-refractivity contribution in [1.82, 2.24) is 0 Å². The van der Waals surface area contributed by atoms with Gasteiger partial charge in [0.1, 0.15) is 0 Å². The van der Waals surface area contributed by atoms with Crippen LogP contribution in [0.25, 0.3) is 11.1 Å². The largest absolute Gasteiger partial charge is 0.144 e. The molecule has 0 unspecified atom stereocenters. The number of allylic oxidation sites excluding steroid dienone is 2. The minimum Gasteiger partial charge on any atom is -0.144 e. The fourth-order valence-corrected chi connectivity index (χ4v) is 4.91. The maximum Gasteiger partial charge on any atom is 0.0354 e. The molecule has 3 rings (SSSR count). The first kappa shape index (κ1) is 10.7. The van der Waals surface area contributed by atoms with Crippen molar-refractivity contribution in [2.75, 3.05) is 0 Å². The van der Waals surface area contributed by atoms with Gasteiger partial charge < -0.3 is 0 Å². The van der Waals surface area contributed by atoms with E-state index in [1.54, 1.807) is 44.3 Å². The highest BCUT2D eigenvalue weighted by atomic mass is 33.1. The molecule has 0 fully saturated rings. The molecule has 0 saturated carbocycles. The van der Waals surface area contributed by atoms with Gasteiger partial charge in [-0.15, -0.1) is 22.7 Å². The average Bonchev–Trinajstić information content (AvgIpc) is 3.03. The Hall–Kier alpha value is -0.420. The molecule has 1 aliphatic rings. The van der Waals surface area contributed by atoms with Gasteiger partial charge in [0.15, 0.2) is 0 Å². The Kier molecular flexibility index (Phi) is 3.24. The highest BCUT2D eigenvalue weighted by Gasteiger charge is 2.15. The van der Waals surface area contributed by atoms with Gasteiger partial charge in [-0.05, 0) is 33.7 Å². The van der Waals surface area contributed by atoms with E-state index < -0.39 is 0 Å². The van der Waals surface area contributed by atoms with Crippen LogP contribution in [0, 0.1) is 0 Å². The zero-order valence-electron chi connectivity index (χ0n) is 8.25. The molecule has 0 N–H and O–H groups in total. The molecule has 0 nitrogen and oxygen atoms in total. The average molecular weight is 280 g/mol. The molecule has 0 aliphatic carbocycles. The van der Waals surface area contributed by atoms with Crippen LogP contribution in [-0.4, -0.2) is 0 Å². The van der Waals surface area contributed by atoms with Crippen molar-refractivity contribution in [2.24, 2.45) is 0 Å². The van der Waals surface area contributed by atoms with Crippen LogP contribution in [0.1, 0.15) is 9.75 Å². The molecule has 1 aliphatic heterocycles. The summed E-state index contributed by atoms with van der Waals surface area (Å²) >= 11 is 3.61. The molecular formula is C12H8S4. The molecule has 80 valence electrons. The summed E-state index contributed by atoms with van der Waals surface area (Å²) in [4.78, 5) is 2.71. The van der Waals surface area contributed by atoms with Gasteiger partial charge in [-0.2, -0.15) is 0 Å². The Morgan fingerprint density at radius 3 is 1.56 bits per heavy atom. The highest BCUT2D eigenvalue weighted by molar-refractivity contribution is 8.79. The summed E-state index contributed by atoms with van der Waals surface area (Å²) in [5.74, 6) is 0. The van der Waals surface area contributed by atoms with E-state index in [-0.39, 0.29) is 0 Å². The van der Waals surface area contributed by atoms with Crippen molar-refractivity contribution in [2.45, 2.75) is 0 Å². The molecule has 0 radical (unpaired) electrons. The van der Waals surface area contributed by atoms with Gasteiger partial charge in [0.05, 0.1) is 0 Å². The van der Waals surface area contributed by atoms with E-state index >= 15 is 0 Å². The van der Waals surface area contributed by atoms with Gasteiger partial charge in [-0.3, -0.25) is 0 Å².